The van der Waals surface area contributed by atoms with Gasteiger partial charge >= 0.3 is 0 Å². The first-order chi connectivity index (χ1) is 26.6. The van der Waals surface area contributed by atoms with E-state index in [2.05, 4.69) is 0 Å². The molecule has 0 spiro atoms. The Morgan fingerprint density at radius 3 is 1.37 bits per heavy atom. The summed E-state index contributed by atoms with van der Waals surface area (Å²) in [6.45, 7) is 4.02. The van der Waals surface area contributed by atoms with Gasteiger partial charge in [0.2, 0.25) is 0 Å². The molecule has 8 heteroatoms. The van der Waals surface area contributed by atoms with Gasteiger partial charge in [0.15, 0.2) is 6.29 Å². The van der Waals surface area contributed by atoms with Crippen LogP contribution in [-0.4, -0.2) is 61.2 Å². The number of hydrogen-bond donors (Lipinski definition) is 1. The maximum Gasteiger partial charge on any atom is 0.186 e. The number of aliphatic hydroxyl groups is 1. The number of aliphatic hydroxyl groups excluding tert-OH is 1. The Morgan fingerprint density at radius 2 is 0.907 bits per heavy atom. The van der Waals surface area contributed by atoms with Crippen molar-refractivity contribution in [3.05, 3.63) is 179 Å². The third kappa shape index (κ3) is 12.4. The maximum atomic E-state index is 10.6. The highest BCUT2D eigenvalue weighted by Crippen LogP contribution is 2.32. The van der Waals surface area contributed by atoms with Crippen LogP contribution in [0.25, 0.3) is 0 Å². The standard InChI is InChI=1S/C46H52O8/c1-35(47)41(50-30-37-19-9-3-10-20-37)27-28-49-46-45(53-33-40-25-15-6-16-26-40)44(52-32-39-23-13-5-14-24-39)43(51-31-38-21-11-4-12-22-38)42(54-46)34-48-29-36-17-7-2-8-18-36/h2-26,35,41-47H,27-34H2,1H3/t35-,41+,42?,43+,44?,45?,46+/m1/s1. The van der Waals surface area contributed by atoms with Gasteiger partial charge in [-0.1, -0.05) is 152 Å². The molecule has 0 radical (unpaired) electrons. The van der Waals surface area contributed by atoms with Gasteiger partial charge in [-0.15, -0.1) is 0 Å². The molecule has 1 aliphatic heterocycles. The predicted octanol–water partition coefficient (Wildman–Crippen LogP) is 8.06. The van der Waals surface area contributed by atoms with Crippen molar-refractivity contribution in [3.63, 3.8) is 0 Å². The van der Waals surface area contributed by atoms with Crippen molar-refractivity contribution in [2.75, 3.05) is 13.2 Å². The van der Waals surface area contributed by atoms with Crippen LogP contribution in [0, 0.1) is 0 Å². The molecule has 0 aliphatic carbocycles. The second-order valence-corrected chi connectivity index (χ2v) is 13.6. The molecule has 0 aromatic heterocycles. The molecule has 284 valence electrons. The third-order valence-electron chi connectivity index (χ3n) is 9.37. The largest absolute Gasteiger partial charge is 0.391 e. The van der Waals surface area contributed by atoms with E-state index < -0.39 is 42.9 Å². The number of hydrogen-bond acceptors (Lipinski definition) is 8. The number of rotatable bonds is 21. The zero-order chi connectivity index (χ0) is 37.2. The lowest BCUT2D eigenvalue weighted by Gasteiger charge is -2.46. The van der Waals surface area contributed by atoms with Crippen LogP contribution >= 0.6 is 0 Å². The van der Waals surface area contributed by atoms with Gasteiger partial charge in [-0.2, -0.15) is 0 Å². The lowest BCUT2D eigenvalue weighted by atomic mass is 9.97. The molecule has 5 aromatic carbocycles. The molecule has 0 saturated carbocycles. The Hall–Kier alpha value is -4.22. The Kier molecular flexibility index (Phi) is 15.8. The van der Waals surface area contributed by atoms with E-state index in [1.165, 1.54) is 0 Å². The van der Waals surface area contributed by atoms with E-state index in [4.69, 9.17) is 33.2 Å². The average Bonchev–Trinajstić information content (AvgIpc) is 3.22. The van der Waals surface area contributed by atoms with Crippen molar-refractivity contribution < 1.29 is 38.3 Å². The second kappa shape index (κ2) is 21.6. The third-order valence-corrected chi connectivity index (χ3v) is 9.37. The molecule has 1 fully saturated rings. The summed E-state index contributed by atoms with van der Waals surface area (Å²) >= 11 is 0. The summed E-state index contributed by atoms with van der Waals surface area (Å²) in [6, 6.07) is 50.1. The smallest absolute Gasteiger partial charge is 0.186 e. The van der Waals surface area contributed by atoms with E-state index in [1.807, 2.05) is 152 Å². The number of ether oxygens (including phenoxy) is 7. The van der Waals surface area contributed by atoms with E-state index in [9.17, 15) is 5.11 Å². The highest BCUT2D eigenvalue weighted by atomic mass is 16.7. The molecule has 0 bridgehead atoms. The summed E-state index contributed by atoms with van der Waals surface area (Å²) in [5.74, 6) is 0. The fourth-order valence-corrected chi connectivity index (χ4v) is 6.42. The fraction of sp³-hybridized carbons (Fsp3) is 0.348. The minimum atomic E-state index is -0.833. The van der Waals surface area contributed by atoms with Crippen molar-refractivity contribution in [2.45, 2.75) is 89.3 Å². The molecule has 0 amide bonds. The second-order valence-electron chi connectivity index (χ2n) is 13.6. The molecular formula is C46H52O8. The molecule has 5 aromatic rings. The van der Waals surface area contributed by atoms with Crippen LogP contribution in [0.4, 0.5) is 0 Å². The Bertz CT molecular complexity index is 1710. The predicted molar refractivity (Wildman–Crippen MR) is 207 cm³/mol. The van der Waals surface area contributed by atoms with E-state index >= 15 is 0 Å². The topological polar surface area (TPSA) is 84.8 Å². The monoisotopic (exact) mass is 732 g/mol. The summed E-state index contributed by atoms with van der Waals surface area (Å²) in [6.07, 6.45) is -3.93. The Balaban J connectivity index is 1.25. The van der Waals surface area contributed by atoms with Gasteiger partial charge in [-0.05, 0) is 41.2 Å². The summed E-state index contributed by atoms with van der Waals surface area (Å²) in [5.41, 5.74) is 5.16. The van der Waals surface area contributed by atoms with E-state index in [0.29, 0.717) is 39.5 Å². The lowest BCUT2D eigenvalue weighted by molar-refractivity contribution is -0.329. The molecular weight excluding hydrogens is 680 g/mol. The molecule has 54 heavy (non-hydrogen) atoms. The quantitative estimate of drug-likeness (QED) is 0.0812. The van der Waals surface area contributed by atoms with Crippen molar-refractivity contribution in [3.8, 4) is 0 Å². The Labute approximate surface area is 319 Å². The van der Waals surface area contributed by atoms with Crippen LogP contribution in [0.3, 0.4) is 0 Å². The van der Waals surface area contributed by atoms with Gasteiger partial charge < -0.3 is 38.3 Å². The van der Waals surface area contributed by atoms with E-state index in [1.54, 1.807) is 6.92 Å². The average molecular weight is 733 g/mol. The van der Waals surface area contributed by atoms with Gasteiger partial charge in [0, 0.05) is 0 Å². The van der Waals surface area contributed by atoms with Gasteiger partial charge in [-0.25, -0.2) is 0 Å². The van der Waals surface area contributed by atoms with E-state index in [-0.39, 0.29) is 13.2 Å². The van der Waals surface area contributed by atoms with Crippen LogP contribution in [0.5, 0.6) is 0 Å². The van der Waals surface area contributed by atoms with Crippen LogP contribution in [-0.2, 0) is 66.2 Å². The van der Waals surface area contributed by atoms with Gasteiger partial charge in [-0.3, -0.25) is 0 Å². The molecule has 1 N–H and O–H groups in total. The van der Waals surface area contributed by atoms with Gasteiger partial charge in [0.1, 0.15) is 24.4 Å². The first-order valence-electron chi connectivity index (χ1n) is 18.8. The van der Waals surface area contributed by atoms with Gasteiger partial charge in [0.05, 0.1) is 58.5 Å². The molecule has 1 saturated heterocycles. The molecule has 1 aliphatic rings. The normalized spacial score (nSPS) is 21.0. The molecule has 7 atom stereocenters. The van der Waals surface area contributed by atoms with Gasteiger partial charge in [0.25, 0.3) is 0 Å². The zero-order valence-electron chi connectivity index (χ0n) is 30.9. The van der Waals surface area contributed by atoms with Crippen LogP contribution in [0.15, 0.2) is 152 Å². The molecule has 6 rings (SSSR count). The molecule has 1 heterocycles. The number of benzene rings is 5. The summed E-state index contributed by atoms with van der Waals surface area (Å²) in [4.78, 5) is 0. The first kappa shape index (κ1) is 39.5. The minimum Gasteiger partial charge on any atom is -0.391 e. The van der Waals surface area contributed by atoms with Crippen molar-refractivity contribution >= 4 is 0 Å². The van der Waals surface area contributed by atoms with Crippen molar-refractivity contribution in [2.24, 2.45) is 0 Å². The highest BCUT2D eigenvalue weighted by Gasteiger charge is 2.49. The van der Waals surface area contributed by atoms with Crippen LogP contribution in [0.1, 0.15) is 41.2 Å². The Morgan fingerprint density at radius 1 is 0.500 bits per heavy atom. The summed E-state index contributed by atoms with van der Waals surface area (Å²) in [7, 11) is 0. The maximum absolute atomic E-state index is 10.6. The minimum absolute atomic E-state index is 0.237. The molecule has 8 nitrogen and oxygen atoms in total. The van der Waals surface area contributed by atoms with Crippen LogP contribution < -0.4 is 0 Å². The first-order valence-corrected chi connectivity index (χ1v) is 18.8. The van der Waals surface area contributed by atoms with Crippen LogP contribution in [0.2, 0.25) is 0 Å². The lowest BCUT2D eigenvalue weighted by Crippen LogP contribution is -2.61. The van der Waals surface area contributed by atoms with Crippen molar-refractivity contribution in [1.82, 2.24) is 0 Å². The zero-order valence-corrected chi connectivity index (χ0v) is 30.9. The summed E-state index contributed by atoms with van der Waals surface area (Å²) in [5, 5.41) is 10.6. The summed E-state index contributed by atoms with van der Waals surface area (Å²) < 4.78 is 46.1. The highest BCUT2D eigenvalue weighted by molar-refractivity contribution is 5.17. The SMILES string of the molecule is C[C@@H](O)[C@H](CCO[C@H]1OC(COCc2ccccc2)[C@H](OCc2ccccc2)C(OCc2ccccc2)C1OCc1ccccc1)OCc1ccccc1. The van der Waals surface area contributed by atoms with Crippen molar-refractivity contribution in [1.29, 1.82) is 0 Å². The fourth-order valence-electron chi connectivity index (χ4n) is 6.42. The van der Waals surface area contributed by atoms with E-state index in [0.717, 1.165) is 27.8 Å². The molecule has 3 unspecified atom stereocenters.